The highest BCUT2D eigenvalue weighted by Gasteiger charge is 2.40. The molecule has 4 heteroatoms. The van der Waals surface area contributed by atoms with E-state index in [0.29, 0.717) is 24.7 Å². The Kier molecular flexibility index (Phi) is 14.1. The molecule has 240 valence electrons. The summed E-state index contributed by atoms with van der Waals surface area (Å²) in [6.07, 6.45) is 15.3. The number of benzene rings is 3. The zero-order chi connectivity index (χ0) is 31.7. The van der Waals surface area contributed by atoms with Gasteiger partial charge in [-0.1, -0.05) is 130 Å². The molecule has 4 nitrogen and oxygen atoms in total. The summed E-state index contributed by atoms with van der Waals surface area (Å²) in [5.74, 6) is 0.689. The normalized spacial score (nSPS) is 17.5. The Balaban J connectivity index is 1.51. The maximum atomic E-state index is 13.0. The molecular weight excluding hydrogens is 556 g/mol. The maximum absolute atomic E-state index is 13.0. The van der Waals surface area contributed by atoms with E-state index in [4.69, 9.17) is 9.47 Å². The van der Waals surface area contributed by atoms with Gasteiger partial charge in [-0.25, -0.2) is 4.79 Å². The van der Waals surface area contributed by atoms with Crippen LogP contribution in [0.15, 0.2) is 103 Å². The molecule has 45 heavy (non-hydrogen) atoms. The number of allylic oxidation sites excluding steroid dienone is 1. The zero-order valence-electron chi connectivity index (χ0n) is 27.4. The molecule has 0 saturated heterocycles. The highest BCUT2D eigenvalue weighted by atomic mass is 16.5. The molecule has 1 aliphatic carbocycles. The van der Waals surface area contributed by atoms with Crippen LogP contribution in [0.2, 0.25) is 0 Å². The predicted octanol–water partition coefficient (Wildman–Crippen LogP) is 10.00. The summed E-state index contributed by atoms with van der Waals surface area (Å²) in [7, 11) is 0. The first kappa shape index (κ1) is 34.4. The SMILES string of the molecule is CCCCCC(CC[C@H]1CCC(=O)C1CCCCC=CC(=O)OCC)OC(c1ccccc1)(c1ccccc1)c1ccccc1. The number of esters is 1. The van der Waals surface area contributed by atoms with Crippen molar-refractivity contribution in [1.82, 2.24) is 0 Å². The van der Waals surface area contributed by atoms with Gasteiger partial charge in [-0.3, -0.25) is 4.79 Å². The fraction of sp³-hybridized carbons (Fsp3) is 0.463. The summed E-state index contributed by atoms with van der Waals surface area (Å²) in [4.78, 5) is 24.5. The highest BCUT2D eigenvalue weighted by molar-refractivity contribution is 5.83. The Hall–Kier alpha value is -3.50. The lowest BCUT2D eigenvalue weighted by atomic mass is 9.79. The Morgan fingerprint density at radius 2 is 1.40 bits per heavy atom. The van der Waals surface area contributed by atoms with Gasteiger partial charge in [-0.2, -0.15) is 0 Å². The fourth-order valence-corrected chi connectivity index (χ4v) is 6.97. The van der Waals surface area contributed by atoms with Crippen LogP contribution in [0.1, 0.15) is 108 Å². The van der Waals surface area contributed by atoms with Gasteiger partial charge in [-0.05, 0) is 74.5 Å². The molecule has 0 aliphatic heterocycles. The van der Waals surface area contributed by atoms with Gasteiger partial charge >= 0.3 is 5.97 Å². The van der Waals surface area contributed by atoms with E-state index in [1.54, 1.807) is 0 Å². The van der Waals surface area contributed by atoms with E-state index < -0.39 is 5.60 Å². The molecule has 1 aliphatic rings. The van der Waals surface area contributed by atoms with Crippen molar-refractivity contribution in [3.05, 3.63) is 120 Å². The van der Waals surface area contributed by atoms with Gasteiger partial charge in [0.25, 0.3) is 0 Å². The van der Waals surface area contributed by atoms with E-state index in [1.807, 2.05) is 13.0 Å². The topological polar surface area (TPSA) is 52.6 Å². The van der Waals surface area contributed by atoms with Crippen LogP contribution in [-0.2, 0) is 24.7 Å². The number of ether oxygens (including phenoxy) is 2. The molecule has 3 aromatic carbocycles. The predicted molar refractivity (Wildman–Crippen MR) is 183 cm³/mol. The van der Waals surface area contributed by atoms with Crippen molar-refractivity contribution < 1.29 is 19.1 Å². The number of unbranched alkanes of at least 4 members (excludes halogenated alkanes) is 4. The third-order valence-electron chi connectivity index (χ3n) is 9.29. The van der Waals surface area contributed by atoms with Crippen LogP contribution in [0.3, 0.4) is 0 Å². The highest BCUT2D eigenvalue weighted by Crippen LogP contribution is 2.43. The maximum Gasteiger partial charge on any atom is 0.330 e. The Morgan fingerprint density at radius 1 is 0.800 bits per heavy atom. The Morgan fingerprint density at radius 3 is 1.96 bits per heavy atom. The molecule has 0 heterocycles. The van der Waals surface area contributed by atoms with Crippen molar-refractivity contribution in [3.63, 3.8) is 0 Å². The smallest absolute Gasteiger partial charge is 0.330 e. The monoisotopic (exact) mass is 608 g/mol. The van der Waals surface area contributed by atoms with E-state index in [2.05, 4.69) is 97.9 Å². The first-order chi connectivity index (χ1) is 22.1. The molecule has 0 amide bonds. The minimum atomic E-state index is -0.734. The third kappa shape index (κ3) is 9.74. The van der Waals surface area contributed by atoms with Crippen molar-refractivity contribution in [2.45, 2.75) is 103 Å². The molecule has 0 bridgehead atoms. The van der Waals surface area contributed by atoms with E-state index in [9.17, 15) is 9.59 Å². The number of ketones is 1. The van der Waals surface area contributed by atoms with Gasteiger partial charge < -0.3 is 9.47 Å². The lowest BCUT2D eigenvalue weighted by Gasteiger charge is -2.39. The second-order valence-corrected chi connectivity index (χ2v) is 12.4. The molecule has 0 N–H and O–H groups in total. The first-order valence-electron chi connectivity index (χ1n) is 17.3. The van der Waals surface area contributed by atoms with Gasteiger partial charge in [0.15, 0.2) is 0 Å². The number of Topliss-reactive ketones (excluding diaryl/α,β-unsaturated/α-hetero) is 1. The van der Waals surface area contributed by atoms with Crippen LogP contribution in [0.25, 0.3) is 0 Å². The number of rotatable bonds is 19. The molecule has 1 saturated carbocycles. The van der Waals surface area contributed by atoms with Crippen LogP contribution in [0, 0.1) is 11.8 Å². The second-order valence-electron chi connectivity index (χ2n) is 12.4. The molecule has 2 unspecified atom stereocenters. The zero-order valence-corrected chi connectivity index (χ0v) is 27.4. The lowest BCUT2D eigenvalue weighted by Crippen LogP contribution is -2.37. The summed E-state index contributed by atoms with van der Waals surface area (Å²) in [5, 5.41) is 0. The number of hydrogen-bond donors (Lipinski definition) is 0. The van der Waals surface area contributed by atoms with Crippen LogP contribution in [0.5, 0.6) is 0 Å². The van der Waals surface area contributed by atoms with Crippen LogP contribution in [-0.4, -0.2) is 24.5 Å². The molecule has 3 aromatic rings. The largest absolute Gasteiger partial charge is 0.463 e. The van der Waals surface area contributed by atoms with Gasteiger partial charge in [0, 0.05) is 18.4 Å². The van der Waals surface area contributed by atoms with E-state index in [0.717, 1.165) is 74.5 Å². The average molecular weight is 609 g/mol. The molecule has 1 fully saturated rings. The van der Waals surface area contributed by atoms with Crippen LogP contribution in [0.4, 0.5) is 0 Å². The first-order valence-corrected chi connectivity index (χ1v) is 17.3. The van der Waals surface area contributed by atoms with E-state index in [1.165, 1.54) is 18.9 Å². The van der Waals surface area contributed by atoms with Gasteiger partial charge in [0.05, 0.1) is 12.7 Å². The van der Waals surface area contributed by atoms with Gasteiger partial charge in [0.1, 0.15) is 11.4 Å². The fourth-order valence-electron chi connectivity index (χ4n) is 6.97. The van der Waals surface area contributed by atoms with Gasteiger partial charge in [0.2, 0.25) is 0 Å². The molecular formula is C41H52O4. The Bertz CT molecular complexity index is 1200. The number of hydrogen-bond acceptors (Lipinski definition) is 4. The van der Waals surface area contributed by atoms with Crippen molar-refractivity contribution in [2.24, 2.45) is 11.8 Å². The van der Waals surface area contributed by atoms with Crippen molar-refractivity contribution in [2.75, 3.05) is 6.61 Å². The van der Waals surface area contributed by atoms with Crippen molar-refractivity contribution >= 4 is 11.8 Å². The lowest BCUT2D eigenvalue weighted by molar-refractivity contribution is -0.137. The van der Waals surface area contributed by atoms with Crippen molar-refractivity contribution in [1.29, 1.82) is 0 Å². The summed E-state index contributed by atoms with van der Waals surface area (Å²) < 4.78 is 12.5. The summed E-state index contributed by atoms with van der Waals surface area (Å²) in [6, 6.07) is 32.0. The van der Waals surface area contributed by atoms with Crippen LogP contribution >= 0.6 is 0 Å². The molecule has 0 radical (unpaired) electrons. The number of carbonyl (C=O) groups excluding carboxylic acids is 2. The molecule has 0 spiro atoms. The van der Waals surface area contributed by atoms with Crippen LogP contribution < -0.4 is 0 Å². The second kappa shape index (κ2) is 18.5. The summed E-state index contributed by atoms with van der Waals surface area (Å²) in [5.41, 5.74) is 2.67. The molecule has 0 aromatic heterocycles. The van der Waals surface area contributed by atoms with Crippen molar-refractivity contribution in [3.8, 4) is 0 Å². The quantitative estimate of drug-likeness (QED) is 0.0588. The minimum Gasteiger partial charge on any atom is -0.463 e. The summed E-state index contributed by atoms with van der Waals surface area (Å²) >= 11 is 0. The average Bonchev–Trinajstić information content (AvgIpc) is 3.43. The summed E-state index contributed by atoms with van der Waals surface area (Å²) in [6.45, 7) is 4.45. The van der Waals surface area contributed by atoms with Gasteiger partial charge in [-0.15, -0.1) is 0 Å². The standard InChI is InChI=1S/C41H52O4/c1-3-5-11-26-37(31-29-33-30-32-39(42)38(33)27-18-6-7-19-28-40(43)44-4-2)45-41(34-20-12-8-13-21-34,35-22-14-9-15-23-35)36-24-16-10-17-25-36/h8-10,12-17,19-25,28,33,37-38H,3-7,11,18,26-27,29-32H2,1-2H3/t33-,37?,38?/m0/s1. The third-order valence-corrected chi connectivity index (χ3v) is 9.29. The minimum absolute atomic E-state index is 0.0570. The van der Waals surface area contributed by atoms with E-state index in [-0.39, 0.29) is 18.0 Å². The molecule has 3 atom stereocenters. The van der Waals surface area contributed by atoms with E-state index >= 15 is 0 Å². The number of carbonyl (C=O) groups is 2. The Labute approximate surface area is 271 Å². The molecule has 4 rings (SSSR count).